The smallest absolute Gasteiger partial charge is 0.325 e. The maximum Gasteiger partial charge on any atom is 0.325 e. The molecular formula is C24H20BrNO4S. The van der Waals surface area contributed by atoms with Gasteiger partial charge in [-0.2, -0.15) is 4.72 Å². The van der Waals surface area contributed by atoms with E-state index in [1.807, 2.05) is 48.5 Å². The lowest BCUT2D eigenvalue weighted by Crippen LogP contribution is -2.48. The van der Waals surface area contributed by atoms with Gasteiger partial charge in [0.15, 0.2) is 0 Å². The van der Waals surface area contributed by atoms with Crippen LogP contribution in [0, 0.1) is 0 Å². The van der Waals surface area contributed by atoms with Gasteiger partial charge in [-0.3, -0.25) is 4.79 Å². The van der Waals surface area contributed by atoms with Gasteiger partial charge >= 0.3 is 5.97 Å². The van der Waals surface area contributed by atoms with Crippen LogP contribution in [0.25, 0.3) is 11.1 Å². The summed E-state index contributed by atoms with van der Waals surface area (Å²) in [6.07, 6.45) is 0.836. The zero-order valence-corrected chi connectivity index (χ0v) is 19.1. The maximum absolute atomic E-state index is 13.3. The van der Waals surface area contributed by atoms with Crippen molar-refractivity contribution < 1.29 is 18.3 Å². The van der Waals surface area contributed by atoms with E-state index in [0.29, 0.717) is 6.42 Å². The van der Waals surface area contributed by atoms with Crippen LogP contribution in [0.4, 0.5) is 0 Å². The van der Waals surface area contributed by atoms with Crippen molar-refractivity contribution in [2.75, 3.05) is 0 Å². The summed E-state index contributed by atoms with van der Waals surface area (Å²) < 4.78 is 30.0. The number of halogens is 1. The summed E-state index contributed by atoms with van der Waals surface area (Å²) in [4.78, 5) is 12.3. The van der Waals surface area contributed by atoms with Crippen LogP contribution in [0.3, 0.4) is 0 Å². The van der Waals surface area contributed by atoms with Crippen LogP contribution in [-0.2, 0) is 26.7 Å². The molecule has 1 saturated carbocycles. The second-order valence-electron chi connectivity index (χ2n) is 8.49. The van der Waals surface area contributed by atoms with Crippen molar-refractivity contribution in [1.29, 1.82) is 0 Å². The summed E-state index contributed by atoms with van der Waals surface area (Å²) in [6.45, 7) is 1.79. The number of rotatable bonds is 5. The van der Waals surface area contributed by atoms with Crippen LogP contribution in [0.15, 0.2) is 76.1 Å². The Kier molecular flexibility index (Phi) is 4.45. The van der Waals surface area contributed by atoms with E-state index in [1.54, 1.807) is 25.1 Å². The van der Waals surface area contributed by atoms with Crippen molar-refractivity contribution >= 4 is 31.9 Å². The molecule has 2 aliphatic carbocycles. The van der Waals surface area contributed by atoms with Gasteiger partial charge < -0.3 is 5.11 Å². The van der Waals surface area contributed by atoms with Gasteiger partial charge in [-0.25, -0.2) is 8.42 Å². The molecule has 0 unspecified atom stereocenters. The highest BCUT2D eigenvalue weighted by Gasteiger charge is 2.72. The molecule has 3 aromatic carbocycles. The highest BCUT2D eigenvalue weighted by Crippen LogP contribution is 2.58. The van der Waals surface area contributed by atoms with Gasteiger partial charge in [-0.05, 0) is 64.9 Å². The number of carbonyl (C=O) groups is 1. The minimum absolute atomic E-state index is 0.0843. The summed E-state index contributed by atoms with van der Waals surface area (Å²) in [5.41, 5.74) is 2.57. The normalized spacial score (nSPS) is 23.8. The molecule has 2 N–H and O–H groups in total. The third-order valence-electron chi connectivity index (χ3n) is 6.65. The summed E-state index contributed by atoms with van der Waals surface area (Å²) in [6, 6.07) is 20.2. The lowest BCUT2D eigenvalue weighted by atomic mass is 9.93. The Labute approximate surface area is 189 Å². The molecule has 0 bridgehead atoms. The number of hydrogen-bond acceptors (Lipinski definition) is 3. The molecule has 5 nitrogen and oxygen atoms in total. The first kappa shape index (κ1) is 20.4. The monoisotopic (exact) mass is 497 g/mol. The molecule has 3 aromatic rings. The van der Waals surface area contributed by atoms with E-state index >= 15 is 0 Å². The third kappa shape index (κ3) is 3.06. The second kappa shape index (κ2) is 6.76. The first-order chi connectivity index (χ1) is 14.7. The van der Waals surface area contributed by atoms with Gasteiger partial charge in [0, 0.05) is 9.89 Å². The lowest BCUT2D eigenvalue weighted by molar-refractivity contribution is -0.140. The minimum atomic E-state index is -4.04. The largest absolute Gasteiger partial charge is 0.480 e. The quantitative estimate of drug-likeness (QED) is 0.425. The minimum Gasteiger partial charge on any atom is -0.480 e. The molecule has 5 rings (SSSR count). The van der Waals surface area contributed by atoms with Gasteiger partial charge in [0.05, 0.1) is 4.90 Å². The highest BCUT2D eigenvalue weighted by molar-refractivity contribution is 9.10. The van der Waals surface area contributed by atoms with E-state index < -0.39 is 26.9 Å². The summed E-state index contributed by atoms with van der Waals surface area (Å²) >= 11 is 3.48. The Balaban J connectivity index is 1.49. The van der Waals surface area contributed by atoms with Crippen molar-refractivity contribution in [2.24, 2.45) is 0 Å². The Morgan fingerprint density at radius 2 is 1.65 bits per heavy atom. The van der Waals surface area contributed by atoms with Crippen LogP contribution >= 0.6 is 15.9 Å². The van der Waals surface area contributed by atoms with Crippen LogP contribution < -0.4 is 4.72 Å². The number of hydrogen-bond donors (Lipinski definition) is 2. The predicted octanol–water partition coefficient (Wildman–Crippen LogP) is 4.48. The van der Waals surface area contributed by atoms with Crippen molar-refractivity contribution in [3.63, 3.8) is 0 Å². The van der Waals surface area contributed by atoms with Gasteiger partial charge in [0.25, 0.3) is 0 Å². The average Bonchev–Trinajstić information content (AvgIpc) is 3.18. The van der Waals surface area contributed by atoms with E-state index in [0.717, 1.165) is 32.3 Å². The second-order valence-corrected chi connectivity index (χ2v) is 11.1. The van der Waals surface area contributed by atoms with Crippen LogP contribution in [0.5, 0.6) is 0 Å². The molecule has 0 saturated heterocycles. The number of aliphatic carboxylic acids is 1. The van der Waals surface area contributed by atoms with E-state index in [9.17, 15) is 18.3 Å². The number of fused-ring (bicyclic) bond motifs is 3. The van der Waals surface area contributed by atoms with Gasteiger partial charge in [-0.15, -0.1) is 0 Å². The zero-order valence-electron chi connectivity index (χ0n) is 16.7. The predicted molar refractivity (Wildman–Crippen MR) is 121 cm³/mol. The Morgan fingerprint density at radius 1 is 1.00 bits per heavy atom. The van der Waals surface area contributed by atoms with Crippen molar-refractivity contribution in [1.82, 2.24) is 4.72 Å². The average molecular weight is 498 g/mol. The zero-order chi connectivity index (χ0) is 22.0. The first-order valence-electron chi connectivity index (χ1n) is 9.91. The fraction of sp³-hybridized carbons (Fsp3) is 0.208. The molecule has 2 atom stereocenters. The van der Waals surface area contributed by atoms with E-state index in [1.165, 1.54) is 0 Å². The van der Waals surface area contributed by atoms with Gasteiger partial charge in [-0.1, -0.05) is 65.3 Å². The molecule has 0 radical (unpaired) electrons. The molecule has 0 spiro atoms. The molecule has 158 valence electrons. The number of benzene rings is 3. The standard InChI is InChI=1S/C24H20BrNO4S/c1-23(17-5-3-2-4-6-17)14-24(23,22(27)28)26-31(29,30)19-8-10-21-16(13-19)11-15-12-18(25)7-9-20(15)21/h2-10,12-13,26H,11,14H2,1H3,(H,27,28)/t23-,24-/m1/s1. The van der Waals surface area contributed by atoms with Crippen LogP contribution in [-0.4, -0.2) is 25.0 Å². The van der Waals surface area contributed by atoms with E-state index in [2.05, 4.69) is 20.7 Å². The first-order valence-corrected chi connectivity index (χ1v) is 12.2. The SMILES string of the molecule is C[C@]1(c2ccccc2)C[C@@]1(NS(=O)(=O)c1ccc2c(c1)Cc1cc(Br)ccc1-2)C(=O)O. The third-order valence-corrected chi connectivity index (χ3v) is 8.63. The topological polar surface area (TPSA) is 83.5 Å². The van der Waals surface area contributed by atoms with Crippen molar-refractivity contribution in [3.05, 3.63) is 87.9 Å². The number of sulfonamides is 1. The van der Waals surface area contributed by atoms with Crippen LogP contribution in [0.2, 0.25) is 0 Å². The van der Waals surface area contributed by atoms with Crippen molar-refractivity contribution in [2.45, 2.75) is 35.6 Å². The molecule has 0 aromatic heterocycles. The van der Waals surface area contributed by atoms with Gasteiger partial charge in [0.2, 0.25) is 10.0 Å². The fourth-order valence-electron chi connectivity index (χ4n) is 4.76. The lowest BCUT2D eigenvalue weighted by Gasteiger charge is -2.21. The van der Waals surface area contributed by atoms with Gasteiger partial charge in [0.1, 0.15) is 5.54 Å². The van der Waals surface area contributed by atoms with E-state index in [-0.39, 0.29) is 11.3 Å². The summed E-state index contributed by atoms with van der Waals surface area (Å²) in [5.74, 6) is -1.17. The fourth-order valence-corrected chi connectivity index (χ4v) is 6.67. The Morgan fingerprint density at radius 3 is 2.32 bits per heavy atom. The van der Waals surface area contributed by atoms with E-state index in [4.69, 9.17) is 0 Å². The number of nitrogens with one attached hydrogen (secondary N) is 1. The molecule has 0 amide bonds. The molecule has 1 fully saturated rings. The molecule has 0 aliphatic heterocycles. The highest BCUT2D eigenvalue weighted by atomic mass is 79.9. The molecule has 31 heavy (non-hydrogen) atoms. The van der Waals surface area contributed by atoms with Crippen LogP contribution in [0.1, 0.15) is 30.0 Å². The summed E-state index contributed by atoms with van der Waals surface area (Å²) in [5, 5.41) is 9.98. The van der Waals surface area contributed by atoms with Crippen molar-refractivity contribution in [3.8, 4) is 11.1 Å². The molecule has 2 aliphatic rings. The maximum atomic E-state index is 13.3. The number of carboxylic acids is 1. The molecule has 7 heteroatoms. The summed E-state index contributed by atoms with van der Waals surface area (Å²) in [7, 11) is -4.04. The number of carboxylic acid groups (broad SMARTS) is 1. The Bertz CT molecular complexity index is 1340. The molecule has 0 heterocycles. The Hall–Kier alpha value is -2.48. The molecular weight excluding hydrogens is 478 g/mol.